The van der Waals surface area contributed by atoms with E-state index < -0.39 is 5.97 Å². The van der Waals surface area contributed by atoms with Crippen LogP contribution in [0.25, 0.3) is 0 Å². The Morgan fingerprint density at radius 1 is 1.27 bits per heavy atom. The van der Waals surface area contributed by atoms with Crippen molar-refractivity contribution in [3.63, 3.8) is 0 Å². The first-order valence-corrected chi connectivity index (χ1v) is 7.65. The van der Waals surface area contributed by atoms with Gasteiger partial charge in [0.25, 0.3) is 0 Å². The Kier molecular flexibility index (Phi) is 4.16. The zero-order valence-electron chi connectivity index (χ0n) is 12.1. The van der Waals surface area contributed by atoms with E-state index in [1.807, 2.05) is 6.07 Å². The molecule has 0 unspecified atom stereocenters. The predicted molar refractivity (Wildman–Crippen MR) is 84.1 cm³/mol. The molecule has 1 saturated heterocycles. The van der Waals surface area contributed by atoms with E-state index in [4.69, 9.17) is 5.11 Å². The van der Waals surface area contributed by atoms with Crippen molar-refractivity contribution >= 4 is 34.1 Å². The molecule has 0 aromatic carbocycles. The number of hydrogen-bond donors (Lipinski definition) is 2. The van der Waals surface area contributed by atoms with Crippen molar-refractivity contribution in [1.82, 2.24) is 19.9 Å². The van der Waals surface area contributed by atoms with Gasteiger partial charge in [-0.25, -0.2) is 19.7 Å². The second-order valence-electron chi connectivity index (χ2n) is 5.01. The van der Waals surface area contributed by atoms with E-state index in [2.05, 4.69) is 37.1 Å². The first kappa shape index (κ1) is 14.7. The number of nitrogens with one attached hydrogen (secondary N) is 1. The Morgan fingerprint density at radius 2 is 2.05 bits per heavy atom. The topological polar surface area (TPSA) is 94.5 Å². The lowest BCUT2D eigenvalue weighted by Gasteiger charge is -2.33. The molecule has 0 atom stereocenters. The number of nitrogens with zero attached hydrogens (tertiary/aromatic N) is 5. The van der Waals surface area contributed by atoms with Gasteiger partial charge in [0, 0.05) is 32.2 Å². The summed E-state index contributed by atoms with van der Waals surface area (Å²) in [5.74, 6) is 0.488. The summed E-state index contributed by atoms with van der Waals surface area (Å²) in [5.41, 5.74) is 0. The highest BCUT2D eigenvalue weighted by atomic mass is 32.1. The lowest BCUT2D eigenvalue weighted by atomic mass is 10.3. The summed E-state index contributed by atoms with van der Waals surface area (Å²) in [6, 6.07) is 1.85. The average Bonchev–Trinajstić information content (AvgIpc) is 2.97. The largest absolute Gasteiger partial charge is 0.477 e. The van der Waals surface area contributed by atoms with Gasteiger partial charge >= 0.3 is 5.97 Å². The molecule has 2 N–H and O–H groups in total. The maximum atomic E-state index is 10.9. The minimum Gasteiger partial charge on any atom is -0.477 e. The van der Waals surface area contributed by atoms with Gasteiger partial charge in [-0.3, -0.25) is 0 Å². The van der Waals surface area contributed by atoms with Crippen LogP contribution in [-0.4, -0.2) is 64.2 Å². The maximum absolute atomic E-state index is 10.9. The average molecular weight is 320 g/mol. The normalized spacial score (nSPS) is 15.8. The van der Waals surface area contributed by atoms with E-state index in [1.165, 1.54) is 12.5 Å². The van der Waals surface area contributed by atoms with E-state index >= 15 is 0 Å². The molecule has 0 aliphatic carbocycles. The first-order chi connectivity index (χ1) is 10.6. The van der Waals surface area contributed by atoms with Gasteiger partial charge in [-0.05, 0) is 7.05 Å². The molecule has 1 fully saturated rings. The second-order valence-corrected chi connectivity index (χ2v) is 6.04. The SMILES string of the molecule is CN1CCN(c2cc(Nc3ncc(C(=O)O)s3)ncn2)CC1. The zero-order valence-corrected chi connectivity index (χ0v) is 12.9. The van der Waals surface area contributed by atoms with Gasteiger partial charge in [0.1, 0.15) is 22.8 Å². The van der Waals surface area contributed by atoms with Crippen molar-refractivity contribution in [3.05, 3.63) is 23.5 Å². The third-order valence-electron chi connectivity index (χ3n) is 3.43. The number of aromatic carboxylic acids is 1. The molecule has 0 bridgehead atoms. The fraction of sp³-hybridized carbons (Fsp3) is 0.385. The van der Waals surface area contributed by atoms with Crippen molar-refractivity contribution in [2.75, 3.05) is 43.4 Å². The lowest BCUT2D eigenvalue weighted by molar-refractivity contribution is 0.0702. The monoisotopic (exact) mass is 320 g/mol. The van der Waals surface area contributed by atoms with Gasteiger partial charge in [0.05, 0.1) is 6.20 Å². The number of hydrogen-bond acceptors (Lipinski definition) is 8. The molecule has 0 spiro atoms. The van der Waals surface area contributed by atoms with Crippen LogP contribution in [0.2, 0.25) is 0 Å². The summed E-state index contributed by atoms with van der Waals surface area (Å²) in [4.78, 5) is 28.0. The molecule has 2 aromatic heterocycles. The number of carboxylic acids is 1. The van der Waals surface area contributed by atoms with Gasteiger partial charge in [0.15, 0.2) is 5.13 Å². The smallest absolute Gasteiger partial charge is 0.347 e. The van der Waals surface area contributed by atoms with Crippen LogP contribution in [0.1, 0.15) is 9.67 Å². The highest BCUT2D eigenvalue weighted by molar-refractivity contribution is 7.17. The number of carboxylic acid groups (broad SMARTS) is 1. The highest BCUT2D eigenvalue weighted by Gasteiger charge is 2.16. The molecule has 0 amide bonds. The standard InChI is InChI=1S/C13H16N6O2S/c1-18-2-4-19(5-3-18)11-6-10(15-8-16-11)17-13-14-7-9(22-13)12(20)21/h6-8H,2-5H2,1H3,(H,20,21)(H,14,15,16,17). The third-order valence-corrected chi connectivity index (χ3v) is 4.33. The van der Waals surface area contributed by atoms with Crippen molar-refractivity contribution in [2.24, 2.45) is 0 Å². The molecule has 9 heteroatoms. The summed E-state index contributed by atoms with van der Waals surface area (Å²) >= 11 is 1.08. The first-order valence-electron chi connectivity index (χ1n) is 6.83. The van der Waals surface area contributed by atoms with Crippen molar-refractivity contribution in [3.8, 4) is 0 Å². The van der Waals surface area contributed by atoms with E-state index in [-0.39, 0.29) is 4.88 Å². The predicted octanol–water partition coefficient (Wildman–Crippen LogP) is 1.13. The van der Waals surface area contributed by atoms with E-state index in [0.29, 0.717) is 10.9 Å². The number of carbonyl (C=O) groups is 1. The quantitative estimate of drug-likeness (QED) is 0.865. The molecular formula is C13H16N6O2S. The van der Waals surface area contributed by atoms with Crippen LogP contribution in [0.3, 0.4) is 0 Å². The minimum absolute atomic E-state index is 0.191. The van der Waals surface area contributed by atoms with Gasteiger partial charge in [-0.2, -0.15) is 0 Å². The van der Waals surface area contributed by atoms with Crippen molar-refractivity contribution < 1.29 is 9.90 Å². The van der Waals surface area contributed by atoms with Crippen LogP contribution in [0.15, 0.2) is 18.6 Å². The fourth-order valence-electron chi connectivity index (χ4n) is 2.16. The van der Waals surface area contributed by atoms with Crippen LogP contribution >= 0.6 is 11.3 Å². The van der Waals surface area contributed by atoms with Crippen LogP contribution in [-0.2, 0) is 0 Å². The molecular weight excluding hydrogens is 304 g/mol. The Labute approximate surface area is 131 Å². The molecule has 1 aliphatic rings. The van der Waals surface area contributed by atoms with Crippen molar-refractivity contribution in [1.29, 1.82) is 0 Å². The summed E-state index contributed by atoms with van der Waals surface area (Å²) in [5, 5.41) is 12.4. The number of likely N-dealkylation sites (N-methyl/N-ethyl adjacent to an activating group) is 1. The highest BCUT2D eigenvalue weighted by Crippen LogP contribution is 2.23. The molecule has 3 heterocycles. The lowest BCUT2D eigenvalue weighted by Crippen LogP contribution is -2.44. The van der Waals surface area contributed by atoms with Crippen LogP contribution in [0.5, 0.6) is 0 Å². The Morgan fingerprint density at radius 3 is 2.73 bits per heavy atom. The second kappa shape index (κ2) is 6.24. The van der Waals surface area contributed by atoms with E-state index in [0.717, 1.165) is 43.3 Å². The zero-order chi connectivity index (χ0) is 15.5. The Balaban J connectivity index is 1.72. The van der Waals surface area contributed by atoms with E-state index in [1.54, 1.807) is 0 Å². The van der Waals surface area contributed by atoms with Crippen LogP contribution in [0, 0.1) is 0 Å². The Hall–Kier alpha value is -2.26. The number of anilines is 3. The molecule has 3 rings (SSSR count). The summed E-state index contributed by atoms with van der Waals surface area (Å²) in [7, 11) is 2.10. The molecule has 8 nitrogen and oxygen atoms in total. The van der Waals surface area contributed by atoms with Gasteiger partial charge in [-0.15, -0.1) is 0 Å². The molecule has 1 aliphatic heterocycles. The number of thiazole rings is 1. The van der Waals surface area contributed by atoms with Crippen LogP contribution < -0.4 is 10.2 Å². The van der Waals surface area contributed by atoms with Gasteiger partial charge in [-0.1, -0.05) is 11.3 Å². The number of rotatable bonds is 4. The minimum atomic E-state index is -0.980. The van der Waals surface area contributed by atoms with Gasteiger partial charge in [0.2, 0.25) is 0 Å². The summed E-state index contributed by atoms with van der Waals surface area (Å²) in [6.45, 7) is 3.85. The molecule has 2 aromatic rings. The fourth-order valence-corrected chi connectivity index (χ4v) is 2.83. The molecule has 116 valence electrons. The molecule has 0 radical (unpaired) electrons. The number of piperazine rings is 1. The molecule has 0 saturated carbocycles. The summed E-state index contributed by atoms with van der Waals surface area (Å²) < 4.78 is 0. The van der Waals surface area contributed by atoms with Crippen molar-refractivity contribution in [2.45, 2.75) is 0 Å². The third kappa shape index (κ3) is 3.31. The van der Waals surface area contributed by atoms with Crippen LogP contribution in [0.4, 0.5) is 16.8 Å². The number of aromatic nitrogens is 3. The summed E-state index contributed by atoms with van der Waals surface area (Å²) in [6.07, 6.45) is 2.83. The Bertz CT molecular complexity index is 668. The van der Waals surface area contributed by atoms with Gasteiger partial charge < -0.3 is 20.2 Å². The van der Waals surface area contributed by atoms with E-state index in [9.17, 15) is 4.79 Å². The molecule has 22 heavy (non-hydrogen) atoms. The maximum Gasteiger partial charge on any atom is 0.347 e.